The summed E-state index contributed by atoms with van der Waals surface area (Å²) in [5, 5.41) is 3.61. The summed E-state index contributed by atoms with van der Waals surface area (Å²) in [4.78, 5) is 23.0. The third-order valence-corrected chi connectivity index (χ3v) is 4.88. The molecule has 35 heavy (non-hydrogen) atoms. The number of nitrogens with zero attached hydrogens (tertiary/aromatic N) is 5. The molecule has 0 aliphatic carbocycles. The predicted molar refractivity (Wildman–Crippen MR) is 112 cm³/mol. The molecule has 1 amide bonds. The summed E-state index contributed by atoms with van der Waals surface area (Å²) in [7, 11) is 0. The molecule has 0 saturated heterocycles. The predicted octanol–water partition coefficient (Wildman–Crippen LogP) is 4.15. The molecular weight excluding hydrogens is 501 g/mol. The monoisotopic (exact) mass is 511 g/mol. The molecule has 180 valence electrons. The number of nitrogen functional groups attached to an aromatic ring is 1. The molecule has 0 fully saturated rings. The number of benzene rings is 1. The Labute approximate surface area is 197 Å². The number of carbonyl (C=O) groups is 1. The van der Waals surface area contributed by atoms with Crippen LogP contribution in [0, 0.1) is 11.6 Å². The van der Waals surface area contributed by atoms with Crippen molar-refractivity contribution in [3.8, 4) is 28.7 Å². The number of aromatic nitrogens is 5. The fraction of sp³-hybridized carbons (Fsp3) is 0.0500. The Morgan fingerprint density at radius 2 is 1.83 bits per heavy atom. The number of ether oxygens (including phenoxy) is 1. The molecule has 4 aromatic rings. The van der Waals surface area contributed by atoms with Gasteiger partial charge in [0.15, 0.2) is 23.1 Å². The number of rotatable bonds is 5. The van der Waals surface area contributed by atoms with Crippen molar-refractivity contribution in [2.75, 3.05) is 5.73 Å². The van der Waals surface area contributed by atoms with Crippen LogP contribution in [-0.4, -0.2) is 30.6 Å². The highest BCUT2D eigenvalue weighted by molar-refractivity contribution is 6.34. The Kier molecular flexibility index (Phi) is 5.98. The van der Waals surface area contributed by atoms with E-state index in [-0.39, 0.29) is 27.0 Å². The van der Waals surface area contributed by atoms with Gasteiger partial charge >= 0.3 is 6.18 Å². The average Bonchev–Trinajstić information content (AvgIpc) is 3.20. The zero-order chi connectivity index (χ0) is 25.5. The first-order chi connectivity index (χ1) is 16.5. The van der Waals surface area contributed by atoms with Gasteiger partial charge in [-0.2, -0.15) is 23.3 Å². The van der Waals surface area contributed by atoms with Gasteiger partial charge in [-0.1, -0.05) is 11.6 Å². The highest BCUT2D eigenvalue weighted by Gasteiger charge is 2.42. The smallest absolute Gasteiger partial charge is 0.434 e. The van der Waals surface area contributed by atoms with E-state index in [0.717, 1.165) is 36.7 Å². The molecule has 0 bridgehead atoms. The van der Waals surface area contributed by atoms with E-state index in [9.17, 15) is 26.7 Å². The number of anilines is 1. The Hall–Kier alpha value is -4.33. The highest BCUT2D eigenvalue weighted by atomic mass is 35.5. The maximum absolute atomic E-state index is 14.8. The maximum Gasteiger partial charge on any atom is 0.434 e. The van der Waals surface area contributed by atoms with Crippen LogP contribution in [0.2, 0.25) is 5.02 Å². The van der Waals surface area contributed by atoms with Crippen molar-refractivity contribution in [1.29, 1.82) is 0 Å². The van der Waals surface area contributed by atoms with E-state index in [1.54, 1.807) is 0 Å². The highest BCUT2D eigenvalue weighted by Crippen LogP contribution is 2.39. The lowest BCUT2D eigenvalue weighted by molar-refractivity contribution is -0.143. The number of alkyl halides is 3. The number of hydrogen-bond acceptors (Lipinski definition) is 7. The van der Waals surface area contributed by atoms with E-state index in [2.05, 4.69) is 20.1 Å². The van der Waals surface area contributed by atoms with Crippen LogP contribution in [0.5, 0.6) is 11.6 Å². The van der Waals surface area contributed by atoms with Crippen molar-refractivity contribution >= 4 is 23.3 Å². The number of primary amides is 1. The largest absolute Gasteiger partial charge is 0.434 e. The molecule has 4 N–H and O–H groups in total. The van der Waals surface area contributed by atoms with Crippen molar-refractivity contribution in [1.82, 2.24) is 24.7 Å². The molecule has 0 saturated carbocycles. The third-order valence-electron chi connectivity index (χ3n) is 4.53. The quantitative estimate of drug-likeness (QED) is 0.384. The van der Waals surface area contributed by atoms with Gasteiger partial charge in [-0.05, 0) is 30.3 Å². The van der Waals surface area contributed by atoms with Gasteiger partial charge < -0.3 is 16.2 Å². The summed E-state index contributed by atoms with van der Waals surface area (Å²) in [5.74, 6) is -4.62. The van der Waals surface area contributed by atoms with Gasteiger partial charge in [0.05, 0.1) is 11.8 Å². The molecule has 0 aliphatic rings. The lowest BCUT2D eigenvalue weighted by atomic mass is 10.0. The molecule has 9 nitrogen and oxygen atoms in total. The molecule has 0 atom stereocenters. The van der Waals surface area contributed by atoms with E-state index in [4.69, 9.17) is 27.8 Å². The first-order valence-electron chi connectivity index (χ1n) is 9.33. The number of carbonyl (C=O) groups excluding carboxylic acids is 1. The summed E-state index contributed by atoms with van der Waals surface area (Å²) in [5.41, 5.74) is 7.33. The average molecular weight is 512 g/mol. The van der Waals surface area contributed by atoms with Gasteiger partial charge in [0.25, 0.3) is 5.91 Å². The van der Waals surface area contributed by atoms with E-state index in [1.807, 2.05) is 0 Å². The fourth-order valence-electron chi connectivity index (χ4n) is 3.05. The summed E-state index contributed by atoms with van der Waals surface area (Å²) in [6.07, 6.45) is -3.44. The van der Waals surface area contributed by atoms with E-state index in [1.165, 1.54) is 0 Å². The van der Waals surface area contributed by atoms with Crippen LogP contribution in [0.25, 0.3) is 17.1 Å². The minimum atomic E-state index is -5.13. The SMILES string of the molecule is NC(=O)c1c(-c2ccc(Oc3ncnc(N)c3Cl)c(F)c2)nn(-c2ccc(F)cn2)c1C(F)(F)F. The molecule has 4 rings (SSSR count). The fourth-order valence-corrected chi connectivity index (χ4v) is 3.18. The van der Waals surface area contributed by atoms with Crippen molar-refractivity contribution in [3.05, 3.63) is 70.8 Å². The van der Waals surface area contributed by atoms with Crippen LogP contribution < -0.4 is 16.2 Å². The number of halogens is 6. The van der Waals surface area contributed by atoms with Crippen LogP contribution in [0.4, 0.5) is 27.8 Å². The maximum atomic E-state index is 14.8. The van der Waals surface area contributed by atoms with E-state index < -0.39 is 52.2 Å². The summed E-state index contributed by atoms with van der Waals surface area (Å²) in [6.45, 7) is 0. The minimum Gasteiger partial charge on any atom is -0.434 e. The number of hydrogen-bond donors (Lipinski definition) is 2. The van der Waals surface area contributed by atoms with Gasteiger partial charge in [-0.25, -0.2) is 23.4 Å². The second kappa shape index (κ2) is 8.79. The molecule has 1 aromatic carbocycles. The molecule has 0 unspecified atom stereocenters. The van der Waals surface area contributed by atoms with Gasteiger partial charge in [0.2, 0.25) is 5.88 Å². The molecule has 0 spiro atoms. The normalized spacial score (nSPS) is 11.5. The minimum absolute atomic E-state index is 0.126. The van der Waals surface area contributed by atoms with Gasteiger partial charge in [0, 0.05) is 5.56 Å². The lowest BCUT2D eigenvalue weighted by Gasteiger charge is -2.11. The molecule has 15 heteroatoms. The Bertz CT molecular complexity index is 1440. The molecule has 0 aliphatic heterocycles. The summed E-state index contributed by atoms with van der Waals surface area (Å²) < 4.78 is 75.4. The first kappa shape index (κ1) is 23.8. The van der Waals surface area contributed by atoms with E-state index >= 15 is 0 Å². The first-order valence-corrected chi connectivity index (χ1v) is 9.71. The summed E-state index contributed by atoms with van der Waals surface area (Å²) in [6, 6.07) is 4.72. The Balaban J connectivity index is 1.85. The third kappa shape index (κ3) is 4.55. The second-order valence-corrected chi connectivity index (χ2v) is 7.18. The molecular formula is C20H11ClF5N7O2. The van der Waals surface area contributed by atoms with Crippen molar-refractivity contribution in [2.45, 2.75) is 6.18 Å². The van der Waals surface area contributed by atoms with E-state index in [0.29, 0.717) is 6.20 Å². The molecule has 3 heterocycles. The number of nitrogens with two attached hydrogens (primary N) is 2. The topological polar surface area (TPSA) is 135 Å². The van der Waals surface area contributed by atoms with Crippen LogP contribution >= 0.6 is 11.6 Å². The van der Waals surface area contributed by atoms with Crippen molar-refractivity contribution in [2.24, 2.45) is 5.73 Å². The Morgan fingerprint density at radius 3 is 2.43 bits per heavy atom. The Morgan fingerprint density at radius 1 is 1.09 bits per heavy atom. The number of pyridine rings is 1. The standard InChI is InChI=1S/C20H11ClF5N7O2/c21-14-17(27)30-7-31-19(14)35-11-3-1-8(5-10(11)23)15-13(18(28)34)16(20(24,25)26)33(32-15)12-4-2-9(22)6-29-12/h1-7H,(H2,28,34)(H2,27,30,31). The molecule has 0 radical (unpaired) electrons. The van der Waals surface area contributed by atoms with Gasteiger partial charge in [-0.3, -0.25) is 4.79 Å². The molecule has 3 aromatic heterocycles. The summed E-state index contributed by atoms with van der Waals surface area (Å²) >= 11 is 5.91. The van der Waals surface area contributed by atoms with Crippen LogP contribution in [0.3, 0.4) is 0 Å². The zero-order valence-electron chi connectivity index (χ0n) is 17.0. The van der Waals surface area contributed by atoms with Crippen LogP contribution in [-0.2, 0) is 6.18 Å². The zero-order valence-corrected chi connectivity index (χ0v) is 17.8. The van der Waals surface area contributed by atoms with Gasteiger partial charge in [0.1, 0.15) is 28.7 Å². The van der Waals surface area contributed by atoms with Crippen LogP contribution in [0.15, 0.2) is 42.9 Å². The van der Waals surface area contributed by atoms with Crippen molar-refractivity contribution < 1.29 is 31.5 Å². The lowest BCUT2D eigenvalue weighted by Crippen LogP contribution is -2.21. The number of amides is 1. The second-order valence-electron chi connectivity index (χ2n) is 6.81. The van der Waals surface area contributed by atoms with Crippen molar-refractivity contribution in [3.63, 3.8) is 0 Å². The van der Waals surface area contributed by atoms with Gasteiger partial charge in [-0.15, -0.1) is 0 Å². The van der Waals surface area contributed by atoms with Crippen LogP contribution in [0.1, 0.15) is 16.1 Å².